The van der Waals surface area contributed by atoms with Crippen LogP contribution in [0.3, 0.4) is 0 Å². The number of hydrogen-bond donors (Lipinski definition) is 1. The lowest BCUT2D eigenvalue weighted by atomic mass is 10.1. The van der Waals surface area contributed by atoms with Gasteiger partial charge in [-0.25, -0.2) is 8.42 Å². The Morgan fingerprint density at radius 1 is 1.12 bits per heavy atom. The van der Waals surface area contributed by atoms with Gasteiger partial charge in [0.15, 0.2) is 0 Å². The van der Waals surface area contributed by atoms with E-state index >= 15 is 0 Å². The molecule has 2 aromatic rings. The van der Waals surface area contributed by atoms with Crippen LogP contribution in [0.1, 0.15) is 43.4 Å². The van der Waals surface area contributed by atoms with Crippen LogP contribution >= 0.6 is 15.9 Å². The Kier molecular flexibility index (Phi) is 10.1. The van der Waals surface area contributed by atoms with Crippen molar-refractivity contribution in [3.8, 4) is 0 Å². The SMILES string of the molecule is CCCCNC(=O)[C@@H](C)N(Cc1cccc(Br)c1)C(=O)CN(c1ccc(C)cc1C)S(C)(=O)=O. The molecule has 0 aliphatic rings. The zero-order valence-corrected chi connectivity index (χ0v) is 22.9. The first kappa shape index (κ1) is 27.9. The monoisotopic (exact) mass is 551 g/mol. The van der Waals surface area contributed by atoms with Crippen molar-refractivity contribution in [1.29, 1.82) is 0 Å². The molecule has 0 aliphatic carbocycles. The third-order valence-corrected chi connectivity index (χ3v) is 7.16. The van der Waals surface area contributed by atoms with E-state index in [9.17, 15) is 18.0 Å². The van der Waals surface area contributed by atoms with Crippen LogP contribution in [0.15, 0.2) is 46.9 Å². The highest BCUT2D eigenvalue weighted by molar-refractivity contribution is 9.10. The fourth-order valence-electron chi connectivity index (χ4n) is 3.63. The van der Waals surface area contributed by atoms with Crippen molar-refractivity contribution >= 4 is 43.5 Å². The summed E-state index contributed by atoms with van der Waals surface area (Å²) in [5.74, 6) is -0.724. The van der Waals surface area contributed by atoms with Gasteiger partial charge >= 0.3 is 0 Å². The topological polar surface area (TPSA) is 86.8 Å². The second-order valence-electron chi connectivity index (χ2n) is 8.53. The fraction of sp³-hybridized carbons (Fsp3) is 0.440. The predicted molar refractivity (Wildman–Crippen MR) is 140 cm³/mol. The van der Waals surface area contributed by atoms with Crippen LogP contribution in [-0.2, 0) is 26.2 Å². The highest BCUT2D eigenvalue weighted by atomic mass is 79.9. The molecule has 7 nitrogen and oxygen atoms in total. The van der Waals surface area contributed by atoms with E-state index in [1.807, 2.05) is 57.2 Å². The lowest BCUT2D eigenvalue weighted by molar-refractivity contribution is -0.139. The van der Waals surface area contributed by atoms with Crippen LogP contribution in [-0.4, -0.2) is 50.5 Å². The Labute approximate surface area is 211 Å². The van der Waals surface area contributed by atoms with Crippen molar-refractivity contribution in [2.75, 3.05) is 23.7 Å². The van der Waals surface area contributed by atoms with Gasteiger partial charge in [0.05, 0.1) is 11.9 Å². The number of aryl methyl sites for hydroxylation is 2. The van der Waals surface area contributed by atoms with Crippen molar-refractivity contribution in [3.05, 3.63) is 63.6 Å². The van der Waals surface area contributed by atoms with Gasteiger partial charge in [-0.05, 0) is 56.5 Å². The number of halogens is 1. The number of carbonyl (C=O) groups is 2. The average Bonchev–Trinajstić information content (AvgIpc) is 2.75. The van der Waals surface area contributed by atoms with E-state index in [-0.39, 0.29) is 12.5 Å². The van der Waals surface area contributed by atoms with E-state index < -0.39 is 28.5 Å². The van der Waals surface area contributed by atoms with Gasteiger partial charge in [0.1, 0.15) is 12.6 Å². The van der Waals surface area contributed by atoms with E-state index in [1.165, 1.54) is 4.90 Å². The summed E-state index contributed by atoms with van der Waals surface area (Å²) in [5.41, 5.74) is 3.02. The van der Waals surface area contributed by atoms with Gasteiger partial charge in [-0.3, -0.25) is 13.9 Å². The lowest BCUT2D eigenvalue weighted by Gasteiger charge is -2.32. The summed E-state index contributed by atoms with van der Waals surface area (Å²) in [6.07, 6.45) is 2.86. The second kappa shape index (κ2) is 12.4. The molecule has 2 aromatic carbocycles. The number of carbonyl (C=O) groups excluding carboxylic acids is 2. The molecule has 186 valence electrons. The van der Waals surface area contributed by atoms with Crippen LogP contribution in [0.2, 0.25) is 0 Å². The zero-order valence-electron chi connectivity index (χ0n) is 20.5. The Morgan fingerprint density at radius 3 is 2.41 bits per heavy atom. The van der Waals surface area contributed by atoms with Gasteiger partial charge in [-0.15, -0.1) is 0 Å². The third kappa shape index (κ3) is 7.84. The van der Waals surface area contributed by atoms with Crippen molar-refractivity contribution in [2.24, 2.45) is 0 Å². The molecule has 0 aliphatic heterocycles. The molecule has 0 fully saturated rings. The van der Waals surface area contributed by atoms with Crippen molar-refractivity contribution in [1.82, 2.24) is 10.2 Å². The lowest BCUT2D eigenvalue weighted by Crippen LogP contribution is -2.51. The highest BCUT2D eigenvalue weighted by Crippen LogP contribution is 2.24. The first-order chi connectivity index (χ1) is 15.9. The minimum Gasteiger partial charge on any atom is -0.354 e. The number of benzene rings is 2. The van der Waals surface area contributed by atoms with Gasteiger partial charge < -0.3 is 10.2 Å². The summed E-state index contributed by atoms with van der Waals surface area (Å²) in [7, 11) is -3.75. The zero-order chi connectivity index (χ0) is 25.5. The Bertz CT molecular complexity index is 1120. The third-order valence-electron chi connectivity index (χ3n) is 5.54. The number of anilines is 1. The van der Waals surface area contributed by atoms with Gasteiger partial charge in [0.25, 0.3) is 0 Å². The number of nitrogens with one attached hydrogen (secondary N) is 1. The molecule has 0 saturated heterocycles. The summed E-state index contributed by atoms with van der Waals surface area (Å²) in [5, 5.41) is 2.87. The second-order valence-corrected chi connectivity index (χ2v) is 11.4. The summed E-state index contributed by atoms with van der Waals surface area (Å²) in [6.45, 7) is 7.73. The van der Waals surface area contributed by atoms with Crippen molar-refractivity contribution < 1.29 is 18.0 Å². The Hall–Kier alpha value is -2.39. The summed E-state index contributed by atoms with van der Waals surface area (Å²) in [4.78, 5) is 27.8. The molecule has 34 heavy (non-hydrogen) atoms. The Morgan fingerprint density at radius 2 is 1.82 bits per heavy atom. The number of rotatable bonds is 11. The first-order valence-electron chi connectivity index (χ1n) is 11.3. The van der Waals surface area contributed by atoms with Gasteiger partial charge in [0.2, 0.25) is 21.8 Å². The molecule has 0 heterocycles. The van der Waals surface area contributed by atoms with E-state index in [4.69, 9.17) is 0 Å². The highest BCUT2D eigenvalue weighted by Gasteiger charge is 2.30. The molecule has 9 heteroatoms. The van der Waals surface area contributed by atoms with Gasteiger partial charge in [-0.1, -0.05) is 59.1 Å². The van der Waals surface area contributed by atoms with Crippen LogP contribution in [0.25, 0.3) is 0 Å². The molecule has 0 aromatic heterocycles. The van der Waals surface area contributed by atoms with Crippen LogP contribution < -0.4 is 9.62 Å². The largest absolute Gasteiger partial charge is 0.354 e. The number of unbranched alkanes of at least 4 members (excludes halogenated alkanes) is 1. The number of nitrogens with zero attached hydrogens (tertiary/aromatic N) is 2. The van der Waals surface area contributed by atoms with E-state index in [1.54, 1.807) is 13.0 Å². The quantitative estimate of drug-likeness (QED) is 0.424. The summed E-state index contributed by atoms with van der Waals surface area (Å²) >= 11 is 3.44. The van der Waals surface area contributed by atoms with Crippen molar-refractivity contribution in [3.63, 3.8) is 0 Å². The predicted octanol–water partition coefficient (Wildman–Crippen LogP) is 4.17. The molecule has 0 radical (unpaired) electrons. The van der Waals surface area contributed by atoms with Crippen LogP contribution in [0, 0.1) is 13.8 Å². The minimum atomic E-state index is -3.75. The van der Waals surface area contributed by atoms with E-state index in [0.29, 0.717) is 12.2 Å². The minimum absolute atomic E-state index is 0.172. The molecule has 2 amide bonds. The average molecular weight is 553 g/mol. The first-order valence-corrected chi connectivity index (χ1v) is 13.9. The van der Waals surface area contributed by atoms with Crippen molar-refractivity contribution in [2.45, 2.75) is 53.1 Å². The molecule has 1 atom stereocenters. The normalized spacial score (nSPS) is 12.2. The van der Waals surface area contributed by atoms with Crippen LogP contribution in [0.4, 0.5) is 5.69 Å². The van der Waals surface area contributed by atoms with Gasteiger partial charge in [0, 0.05) is 17.6 Å². The standard InChI is InChI=1S/C25H34BrN3O4S/c1-6-7-13-27-25(31)20(4)28(16-21-9-8-10-22(26)15-21)24(30)17-29(34(5,32)33)23-12-11-18(2)14-19(23)3/h8-12,14-15,20H,6-7,13,16-17H2,1-5H3,(H,27,31)/t20-/m1/s1. The molecule has 0 spiro atoms. The summed E-state index contributed by atoms with van der Waals surface area (Å²) in [6, 6.07) is 12.1. The number of sulfonamides is 1. The van der Waals surface area contributed by atoms with Gasteiger partial charge in [-0.2, -0.15) is 0 Å². The maximum Gasteiger partial charge on any atom is 0.244 e. The van der Waals surface area contributed by atoms with Crippen LogP contribution in [0.5, 0.6) is 0 Å². The Balaban J connectivity index is 2.38. The molecule has 0 unspecified atom stereocenters. The van der Waals surface area contributed by atoms with E-state index in [2.05, 4.69) is 21.2 Å². The molecular weight excluding hydrogens is 518 g/mol. The maximum atomic E-state index is 13.5. The van der Waals surface area contributed by atoms with E-state index in [0.717, 1.165) is 44.6 Å². The molecule has 2 rings (SSSR count). The maximum absolute atomic E-state index is 13.5. The summed E-state index contributed by atoms with van der Waals surface area (Å²) < 4.78 is 27.3. The number of hydrogen-bond acceptors (Lipinski definition) is 4. The molecular formula is C25H34BrN3O4S. The molecule has 0 bridgehead atoms. The molecule has 0 saturated carbocycles. The molecule has 1 N–H and O–H groups in total. The number of amides is 2. The fourth-order valence-corrected chi connectivity index (χ4v) is 4.98. The smallest absolute Gasteiger partial charge is 0.244 e.